The Hall–Kier alpha value is -2.99. The van der Waals surface area contributed by atoms with Gasteiger partial charge in [0.15, 0.2) is 5.60 Å². The highest BCUT2D eigenvalue weighted by Gasteiger charge is 2.51. The number of anilines is 2. The van der Waals surface area contributed by atoms with Crippen molar-refractivity contribution in [2.45, 2.75) is 29.6 Å². The third kappa shape index (κ3) is 5.01. The average molecular weight is 486 g/mol. The number of hydrogen-bond donors (Lipinski definition) is 3. The van der Waals surface area contributed by atoms with Gasteiger partial charge >= 0.3 is 6.18 Å². The molecule has 1 saturated heterocycles. The summed E-state index contributed by atoms with van der Waals surface area (Å²) in [6, 6.07) is 1.89. The van der Waals surface area contributed by atoms with E-state index in [0.717, 1.165) is 18.6 Å². The summed E-state index contributed by atoms with van der Waals surface area (Å²) in [5.74, 6) is 5.35. The predicted molar refractivity (Wildman–Crippen MR) is 111 cm³/mol. The third-order valence-electron chi connectivity index (χ3n) is 5.10. The average Bonchev–Trinajstić information content (AvgIpc) is 2.77. The van der Waals surface area contributed by atoms with E-state index in [9.17, 15) is 26.7 Å². The lowest BCUT2D eigenvalue weighted by Gasteiger charge is -2.38. The quantitative estimate of drug-likeness (QED) is 0.512. The molecule has 4 N–H and O–H groups in total. The van der Waals surface area contributed by atoms with Gasteiger partial charge < -0.3 is 20.8 Å². The van der Waals surface area contributed by atoms with E-state index < -0.39 is 40.0 Å². The second-order valence-corrected chi connectivity index (χ2v) is 9.25. The number of pyridine rings is 1. The van der Waals surface area contributed by atoms with Gasteiger partial charge in [-0.3, -0.25) is 0 Å². The summed E-state index contributed by atoms with van der Waals surface area (Å²) >= 11 is 0. The van der Waals surface area contributed by atoms with Crippen LogP contribution in [0.2, 0.25) is 0 Å². The van der Waals surface area contributed by atoms with Crippen LogP contribution in [0, 0.1) is 11.8 Å². The van der Waals surface area contributed by atoms with Crippen molar-refractivity contribution < 1.29 is 31.8 Å². The number of piperazine rings is 1. The topological polar surface area (TPSA) is 146 Å². The van der Waals surface area contributed by atoms with Gasteiger partial charge in [0.2, 0.25) is 16.0 Å². The van der Waals surface area contributed by atoms with Gasteiger partial charge in [0, 0.05) is 43.8 Å². The van der Waals surface area contributed by atoms with Gasteiger partial charge in [-0.1, -0.05) is 11.8 Å². The van der Waals surface area contributed by atoms with Crippen LogP contribution in [-0.2, 0) is 15.6 Å². The summed E-state index contributed by atoms with van der Waals surface area (Å²) in [6.07, 6.45) is -2.07. The molecular formula is C19H21F3N6O4S. The van der Waals surface area contributed by atoms with Crippen LogP contribution in [0.3, 0.4) is 0 Å². The van der Waals surface area contributed by atoms with Crippen LogP contribution in [0.1, 0.15) is 12.5 Å². The summed E-state index contributed by atoms with van der Waals surface area (Å²) < 4.78 is 66.3. The van der Waals surface area contributed by atoms with Crippen molar-refractivity contribution in [2.75, 3.05) is 36.9 Å². The number of sulfonamides is 1. The first kappa shape index (κ1) is 24.6. The first-order valence-corrected chi connectivity index (χ1v) is 11.0. The molecule has 0 aromatic carbocycles. The Bertz CT molecular complexity index is 1150. The number of rotatable bonds is 4. The van der Waals surface area contributed by atoms with Crippen molar-refractivity contribution >= 4 is 21.8 Å². The molecule has 0 spiro atoms. The number of halogens is 3. The monoisotopic (exact) mass is 486 g/mol. The Kier molecular flexibility index (Phi) is 6.80. The highest BCUT2D eigenvalue weighted by atomic mass is 32.2. The second-order valence-electron chi connectivity index (χ2n) is 7.31. The Morgan fingerprint density at radius 1 is 1.18 bits per heavy atom. The fraction of sp³-hybridized carbons (Fsp3) is 0.421. The van der Waals surface area contributed by atoms with E-state index in [4.69, 9.17) is 10.8 Å². The summed E-state index contributed by atoms with van der Waals surface area (Å²) in [5, 5.41) is 18.9. The first-order valence-electron chi connectivity index (χ1n) is 9.57. The van der Waals surface area contributed by atoms with E-state index in [2.05, 4.69) is 26.8 Å². The molecule has 33 heavy (non-hydrogen) atoms. The standard InChI is InChI=1S/C19H21F3N6O4S/c1-18(30,19(20,21)22)13-9-25-17(26-10-13)28-7-6-27(12-14(28)3-2-8-29)33(31,32)15-4-5-16(23)24-11-15/h4-5,9-11,14,29-30H,6-8,12H2,1H3,(H2,23,24)/t14-,18-/m1/s1. The van der Waals surface area contributed by atoms with Gasteiger partial charge in [0.25, 0.3) is 0 Å². The molecule has 2 aromatic rings. The number of nitrogens with two attached hydrogens (primary N) is 1. The van der Waals surface area contributed by atoms with E-state index in [-0.39, 0.29) is 36.3 Å². The number of aromatic nitrogens is 3. The lowest BCUT2D eigenvalue weighted by atomic mass is 9.99. The molecule has 1 aliphatic rings. The van der Waals surface area contributed by atoms with Crippen LogP contribution in [0.5, 0.6) is 0 Å². The molecular weight excluding hydrogens is 465 g/mol. The minimum atomic E-state index is -4.93. The van der Waals surface area contributed by atoms with Crippen LogP contribution < -0.4 is 10.6 Å². The summed E-state index contributed by atoms with van der Waals surface area (Å²) in [6.45, 7) is 0.0751. The van der Waals surface area contributed by atoms with Gasteiger partial charge in [0.05, 0.1) is 0 Å². The molecule has 0 bridgehead atoms. The number of nitrogens with zero attached hydrogens (tertiary/aromatic N) is 5. The van der Waals surface area contributed by atoms with Crippen LogP contribution in [0.15, 0.2) is 35.6 Å². The summed E-state index contributed by atoms with van der Waals surface area (Å²) in [5.41, 5.74) is 1.82. The lowest BCUT2D eigenvalue weighted by Crippen LogP contribution is -2.55. The molecule has 1 fully saturated rings. The Morgan fingerprint density at radius 2 is 1.85 bits per heavy atom. The highest BCUT2D eigenvalue weighted by molar-refractivity contribution is 7.89. The van der Waals surface area contributed by atoms with E-state index in [1.807, 2.05) is 0 Å². The Balaban J connectivity index is 1.87. The minimum Gasteiger partial charge on any atom is -0.384 e. The molecule has 0 amide bonds. The molecule has 0 saturated carbocycles. The zero-order chi connectivity index (χ0) is 24.4. The molecule has 14 heteroatoms. The molecule has 1 aliphatic heterocycles. The normalized spacial score (nSPS) is 19.5. The fourth-order valence-electron chi connectivity index (χ4n) is 3.08. The fourth-order valence-corrected chi connectivity index (χ4v) is 4.46. The van der Waals surface area contributed by atoms with E-state index in [0.29, 0.717) is 6.92 Å². The number of aliphatic hydroxyl groups excluding tert-OH is 1. The molecule has 0 aliphatic carbocycles. The van der Waals surface area contributed by atoms with Gasteiger partial charge in [-0.05, 0) is 19.1 Å². The highest BCUT2D eigenvalue weighted by Crippen LogP contribution is 2.38. The summed E-state index contributed by atoms with van der Waals surface area (Å²) in [4.78, 5) is 13.1. The molecule has 2 aromatic heterocycles. The number of hydrogen-bond acceptors (Lipinski definition) is 9. The van der Waals surface area contributed by atoms with Crippen molar-refractivity contribution in [1.82, 2.24) is 19.3 Å². The van der Waals surface area contributed by atoms with Gasteiger partial charge in [-0.2, -0.15) is 17.5 Å². The SMILES string of the molecule is C[C@@](O)(c1cnc(N2CCN(S(=O)(=O)c3ccc(N)nc3)C[C@H]2C#CCO)nc1)C(F)(F)F. The maximum Gasteiger partial charge on any atom is 0.421 e. The largest absolute Gasteiger partial charge is 0.421 e. The van der Waals surface area contributed by atoms with Crippen LogP contribution in [0.25, 0.3) is 0 Å². The Labute approximate surface area is 187 Å². The van der Waals surface area contributed by atoms with Crippen molar-refractivity contribution in [1.29, 1.82) is 0 Å². The Morgan fingerprint density at radius 3 is 2.39 bits per heavy atom. The van der Waals surface area contributed by atoms with Crippen molar-refractivity contribution in [3.63, 3.8) is 0 Å². The molecule has 3 rings (SSSR count). The smallest absolute Gasteiger partial charge is 0.384 e. The van der Waals surface area contributed by atoms with Crippen molar-refractivity contribution in [2.24, 2.45) is 0 Å². The predicted octanol–water partition coefficient (Wildman–Crippen LogP) is 0.0988. The maximum atomic E-state index is 13.1. The maximum absolute atomic E-state index is 13.1. The van der Waals surface area contributed by atoms with E-state index >= 15 is 0 Å². The molecule has 2 atom stereocenters. The second kappa shape index (κ2) is 9.10. The first-order chi connectivity index (χ1) is 15.4. The minimum absolute atomic E-state index is 0.000151. The van der Waals surface area contributed by atoms with Gasteiger partial charge in [0.1, 0.15) is 23.4 Å². The number of alkyl halides is 3. The summed E-state index contributed by atoms with van der Waals surface area (Å²) in [7, 11) is -3.93. The van der Waals surface area contributed by atoms with Gasteiger partial charge in [-0.15, -0.1) is 0 Å². The molecule has 0 unspecified atom stereocenters. The third-order valence-corrected chi connectivity index (χ3v) is 6.95. The van der Waals surface area contributed by atoms with Crippen molar-refractivity contribution in [3.8, 4) is 11.8 Å². The molecule has 10 nitrogen and oxygen atoms in total. The van der Waals surface area contributed by atoms with Crippen LogP contribution >= 0.6 is 0 Å². The molecule has 3 heterocycles. The van der Waals surface area contributed by atoms with Crippen LogP contribution in [0.4, 0.5) is 24.9 Å². The van der Waals surface area contributed by atoms with Gasteiger partial charge in [-0.25, -0.2) is 23.4 Å². The van der Waals surface area contributed by atoms with E-state index in [1.54, 1.807) is 0 Å². The zero-order valence-corrected chi connectivity index (χ0v) is 18.2. The van der Waals surface area contributed by atoms with E-state index in [1.165, 1.54) is 21.3 Å². The number of nitrogen functional groups attached to an aromatic ring is 1. The van der Waals surface area contributed by atoms with Crippen molar-refractivity contribution in [3.05, 3.63) is 36.3 Å². The number of aliphatic hydroxyl groups is 2. The lowest BCUT2D eigenvalue weighted by molar-refractivity contribution is -0.259. The molecule has 0 radical (unpaired) electrons. The molecule has 178 valence electrons. The zero-order valence-electron chi connectivity index (χ0n) is 17.4. The van der Waals surface area contributed by atoms with Crippen LogP contribution in [-0.4, -0.2) is 76.3 Å².